The van der Waals surface area contributed by atoms with Gasteiger partial charge in [0.2, 0.25) is 0 Å². The van der Waals surface area contributed by atoms with Gasteiger partial charge in [-0.2, -0.15) is 0 Å². The zero-order valence-electron chi connectivity index (χ0n) is 9.30. The lowest BCUT2D eigenvalue weighted by atomic mass is 10.4. The van der Waals surface area contributed by atoms with Gasteiger partial charge in [-0.15, -0.1) is 11.3 Å². The van der Waals surface area contributed by atoms with Crippen LogP contribution in [-0.4, -0.2) is 22.1 Å². The van der Waals surface area contributed by atoms with Crippen LogP contribution in [0.2, 0.25) is 0 Å². The summed E-state index contributed by atoms with van der Waals surface area (Å²) in [6.45, 7) is 0.628. The number of hydrogen-bond acceptors (Lipinski definition) is 4. The van der Waals surface area contributed by atoms with Crippen LogP contribution < -0.4 is 10.6 Å². The molecule has 0 saturated carbocycles. The molecule has 0 aliphatic heterocycles. The van der Waals surface area contributed by atoms with Gasteiger partial charge in [-0.05, 0) is 24.4 Å². The van der Waals surface area contributed by atoms with Crippen LogP contribution in [0.25, 0.3) is 10.7 Å². The molecule has 88 valence electrons. The lowest BCUT2D eigenvalue weighted by Gasteiger charge is -2.03. The first-order valence-corrected chi connectivity index (χ1v) is 6.40. The fraction of sp³-hybridized carbons (Fsp3) is 0.182. The fourth-order valence-electron chi connectivity index (χ4n) is 1.25. The van der Waals surface area contributed by atoms with Crippen molar-refractivity contribution >= 4 is 28.7 Å². The van der Waals surface area contributed by atoms with Crippen LogP contribution in [0.1, 0.15) is 5.69 Å². The van der Waals surface area contributed by atoms with Crippen LogP contribution in [0.4, 0.5) is 0 Å². The van der Waals surface area contributed by atoms with E-state index in [0.29, 0.717) is 11.7 Å². The largest absolute Gasteiger partial charge is 0.366 e. The number of pyridine rings is 1. The molecule has 0 amide bonds. The zero-order valence-corrected chi connectivity index (χ0v) is 10.9. The highest BCUT2D eigenvalue weighted by Gasteiger charge is 2.05. The van der Waals surface area contributed by atoms with E-state index in [1.807, 2.05) is 23.6 Å². The Balaban J connectivity index is 2.04. The van der Waals surface area contributed by atoms with Gasteiger partial charge < -0.3 is 10.6 Å². The predicted molar refractivity (Wildman–Crippen MR) is 73.8 cm³/mol. The number of nitrogens with one attached hydrogen (secondary N) is 2. The minimum Gasteiger partial charge on any atom is -0.366 e. The van der Waals surface area contributed by atoms with Gasteiger partial charge in [0, 0.05) is 18.6 Å². The van der Waals surface area contributed by atoms with E-state index in [1.165, 1.54) is 0 Å². The van der Waals surface area contributed by atoms with Crippen molar-refractivity contribution in [2.24, 2.45) is 0 Å². The van der Waals surface area contributed by atoms with E-state index in [-0.39, 0.29) is 0 Å². The number of rotatable bonds is 3. The molecule has 17 heavy (non-hydrogen) atoms. The molecule has 0 aromatic carbocycles. The average Bonchev–Trinajstić information content (AvgIpc) is 2.86. The first-order valence-electron chi connectivity index (χ1n) is 5.11. The molecule has 2 N–H and O–H groups in total. The summed E-state index contributed by atoms with van der Waals surface area (Å²) >= 11 is 6.58. The van der Waals surface area contributed by atoms with Gasteiger partial charge in [0.1, 0.15) is 5.01 Å². The molecular weight excluding hydrogens is 252 g/mol. The summed E-state index contributed by atoms with van der Waals surface area (Å²) in [5, 5.41) is 9.48. The van der Waals surface area contributed by atoms with Crippen molar-refractivity contribution in [3.8, 4) is 10.7 Å². The van der Waals surface area contributed by atoms with Crippen molar-refractivity contribution in [3.63, 3.8) is 0 Å². The summed E-state index contributed by atoms with van der Waals surface area (Å²) in [7, 11) is 1.79. The van der Waals surface area contributed by atoms with Crippen molar-refractivity contribution in [3.05, 3.63) is 35.5 Å². The maximum atomic E-state index is 5.00. The summed E-state index contributed by atoms with van der Waals surface area (Å²) in [6.07, 6.45) is 1.77. The Morgan fingerprint density at radius 1 is 1.47 bits per heavy atom. The molecule has 4 nitrogen and oxygen atoms in total. The summed E-state index contributed by atoms with van der Waals surface area (Å²) in [6, 6.07) is 5.80. The number of thiazole rings is 1. The second kappa shape index (κ2) is 5.70. The molecule has 0 aliphatic carbocycles. The van der Waals surface area contributed by atoms with Gasteiger partial charge in [0.25, 0.3) is 0 Å². The first-order chi connectivity index (χ1) is 8.29. The minimum atomic E-state index is 0.623. The van der Waals surface area contributed by atoms with E-state index in [1.54, 1.807) is 24.6 Å². The topological polar surface area (TPSA) is 49.8 Å². The smallest absolute Gasteiger partial charge is 0.166 e. The van der Waals surface area contributed by atoms with Crippen molar-refractivity contribution in [1.29, 1.82) is 0 Å². The second-order valence-corrected chi connectivity index (χ2v) is 4.56. The zero-order chi connectivity index (χ0) is 12.1. The Morgan fingerprint density at radius 2 is 2.35 bits per heavy atom. The van der Waals surface area contributed by atoms with Crippen LogP contribution in [0.3, 0.4) is 0 Å². The van der Waals surface area contributed by atoms with E-state index in [4.69, 9.17) is 12.2 Å². The lowest BCUT2D eigenvalue weighted by Crippen LogP contribution is -2.31. The highest BCUT2D eigenvalue weighted by Crippen LogP contribution is 2.20. The molecule has 0 fully saturated rings. The maximum absolute atomic E-state index is 5.00. The van der Waals surface area contributed by atoms with E-state index < -0.39 is 0 Å². The summed E-state index contributed by atoms with van der Waals surface area (Å²) in [5.41, 5.74) is 1.87. The Hall–Kier alpha value is -1.53. The number of hydrogen-bond donors (Lipinski definition) is 2. The van der Waals surface area contributed by atoms with Crippen molar-refractivity contribution < 1.29 is 0 Å². The van der Waals surface area contributed by atoms with Gasteiger partial charge >= 0.3 is 0 Å². The number of aromatic nitrogens is 2. The molecule has 0 radical (unpaired) electrons. The Kier molecular flexibility index (Phi) is 4.00. The van der Waals surface area contributed by atoms with Crippen LogP contribution in [0.5, 0.6) is 0 Å². The summed E-state index contributed by atoms with van der Waals surface area (Å²) in [4.78, 5) is 8.76. The number of nitrogens with zero attached hydrogens (tertiary/aromatic N) is 2. The summed E-state index contributed by atoms with van der Waals surface area (Å²) < 4.78 is 0. The van der Waals surface area contributed by atoms with Crippen molar-refractivity contribution in [2.45, 2.75) is 6.54 Å². The van der Waals surface area contributed by atoms with Gasteiger partial charge in [-0.1, -0.05) is 6.07 Å². The van der Waals surface area contributed by atoms with Gasteiger partial charge in [0.15, 0.2) is 5.11 Å². The van der Waals surface area contributed by atoms with E-state index >= 15 is 0 Å². The van der Waals surface area contributed by atoms with Crippen LogP contribution >= 0.6 is 23.6 Å². The molecule has 0 bridgehead atoms. The quantitative estimate of drug-likeness (QED) is 0.828. The van der Waals surface area contributed by atoms with E-state index in [9.17, 15) is 0 Å². The predicted octanol–water partition coefficient (Wildman–Crippen LogP) is 1.80. The van der Waals surface area contributed by atoms with E-state index in [0.717, 1.165) is 16.4 Å². The van der Waals surface area contributed by atoms with Crippen molar-refractivity contribution in [2.75, 3.05) is 7.05 Å². The first kappa shape index (κ1) is 11.9. The Bertz CT molecular complexity index is 495. The van der Waals surface area contributed by atoms with E-state index in [2.05, 4.69) is 20.6 Å². The molecule has 0 saturated heterocycles. The van der Waals surface area contributed by atoms with Gasteiger partial charge in [-0.25, -0.2) is 4.98 Å². The molecule has 0 aliphatic rings. The third-order valence-electron chi connectivity index (χ3n) is 2.09. The second-order valence-electron chi connectivity index (χ2n) is 3.29. The third kappa shape index (κ3) is 3.21. The molecular formula is C11H12N4S2. The summed E-state index contributed by atoms with van der Waals surface area (Å²) in [5.74, 6) is 0. The fourth-order valence-corrected chi connectivity index (χ4v) is 2.12. The normalized spacial score (nSPS) is 9.94. The molecule has 0 spiro atoms. The van der Waals surface area contributed by atoms with Crippen LogP contribution in [0.15, 0.2) is 29.8 Å². The molecule has 6 heteroatoms. The highest BCUT2D eigenvalue weighted by molar-refractivity contribution is 7.80. The molecule has 2 rings (SSSR count). The highest BCUT2D eigenvalue weighted by atomic mass is 32.1. The molecule has 2 aromatic heterocycles. The third-order valence-corrected chi connectivity index (χ3v) is 3.35. The standard InChI is InChI=1S/C11H12N4S2/c1-12-11(16)14-6-8-7-17-10(15-8)9-4-2-3-5-13-9/h2-5,7H,6H2,1H3,(H2,12,14,16). The maximum Gasteiger partial charge on any atom is 0.166 e. The monoisotopic (exact) mass is 264 g/mol. The van der Waals surface area contributed by atoms with Crippen molar-refractivity contribution in [1.82, 2.24) is 20.6 Å². The molecule has 0 atom stereocenters. The van der Waals surface area contributed by atoms with Gasteiger partial charge in [-0.3, -0.25) is 4.98 Å². The average molecular weight is 264 g/mol. The molecule has 2 heterocycles. The van der Waals surface area contributed by atoms with Crippen LogP contribution in [0, 0.1) is 0 Å². The lowest BCUT2D eigenvalue weighted by molar-refractivity contribution is 0.866. The number of thiocarbonyl (C=S) groups is 1. The molecule has 2 aromatic rings. The molecule has 0 unspecified atom stereocenters. The minimum absolute atomic E-state index is 0.623. The Labute approximate surface area is 109 Å². The van der Waals surface area contributed by atoms with Gasteiger partial charge in [0.05, 0.1) is 17.9 Å². The Morgan fingerprint density at radius 3 is 3.06 bits per heavy atom. The SMILES string of the molecule is CNC(=S)NCc1csc(-c2ccccn2)n1. The van der Waals surface area contributed by atoms with Crippen LogP contribution in [-0.2, 0) is 6.54 Å².